The SMILES string of the molecule is CCOC(=O)C1=C(COC(=O)c2c(C)nn(-c3ccccc3)c2Cl)NC(=O)N[C@H]1C. The summed E-state index contributed by atoms with van der Waals surface area (Å²) < 4.78 is 11.8. The zero-order valence-electron chi connectivity index (χ0n) is 16.7. The molecule has 158 valence electrons. The molecule has 10 heteroatoms. The van der Waals surface area contributed by atoms with Crippen molar-refractivity contribution in [2.45, 2.75) is 26.8 Å². The smallest absolute Gasteiger partial charge is 0.343 e. The molecule has 1 aliphatic rings. The van der Waals surface area contributed by atoms with Crippen LogP contribution in [0.5, 0.6) is 0 Å². The van der Waals surface area contributed by atoms with Crippen LogP contribution < -0.4 is 10.6 Å². The van der Waals surface area contributed by atoms with E-state index in [1.165, 1.54) is 4.68 Å². The summed E-state index contributed by atoms with van der Waals surface area (Å²) in [5, 5.41) is 9.48. The Morgan fingerprint density at radius 1 is 1.20 bits per heavy atom. The minimum absolute atomic E-state index is 0.103. The number of aromatic nitrogens is 2. The molecule has 1 atom stereocenters. The summed E-state index contributed by atoms with van der Waals surface area (Å²) in [7, 11) is 0. The number of esters is 2. The van der Waals surface area contributed by atoms with Gasteiger partial charge in [0, 0.05) is 0 Å². The molecule has 0 saturated carbocycles. The van der Waals surface area contributed by atoms with Crippen LogP contribution in [0, 0.1) is 6.92 Å². The molecule has 0 spiro atoms. The van der Waals surface area contributed by atoms with E-state index in [2.05, 4.69) is 15.7 Å². The molecule has 30 heavy (non-hydrogen) atoms. The standard InChI is InChI=1S/C20H21ClN4O5/c1-4-29-18(26)15-11(2)22-20(28)23-14(15)10-30-19(27)16-12(3)24-25(17(16)21)13-8-6-5-7-9-13/h5-9,11H,4,10H2,1-3H3,(H2,22,23,28)/t11-/m0/s1. The monoisotopic (exact) mass is 432 g/mol. The average molecular weight is 433 g/mol. The van der Waals surface area contributed by atoms with Gasteiger partial charge in [0.15, 0.2) is 0 Å². The first-order valence-electron chi connectivity index (χ1n) is 9.28. The fourth-order valence-corrected chi connectivity index (χ4v) is 3.42. The highest BCUT2D eigenvalue weighted by molar-refractivity contribution is 6.33. The molecule has 0 bridgehead atoms. The predicted molar refractivity (Wildman–Crippen MR) is 108 cm³/mol. The number of urea groups is 1. The maximum absolute atomic E-state index is 12.7. The summed E-state index contributed by atoms with van der Waals surface area (Å²) in [6, 6.07) is 8.00. The van der Waals surface area contributed by atoms with E-state index in [0.717, 1.165) is 0 Å². The number of aryl methyl sites for hydroxylation is 1. The lowest BCUT2D eigenvalue weighted by Crippen LogP contribution is -2.50. The predicted octanol–water partition coefficient (Wildman–Crippen LogP) is 2.51. The largest absolute Gasteiger partial charge is 0.463 e. The average Bonchev–Trinajstić information content (AvgIpc) is 3.00. The second-order valence-corrected chi connectivity index (χ2v) is 6.87. The van der Waals surface area contributed by atoms with Crippen molar-refractivity contribution in [2.24, 2.45) is 0 Å². The quantitative estimate of drug-likeness (QED) is 0.678. The Morgan fingerprint density at radius 2 is 1.90 bits per heavy atom. The Kier molecular flexibility index (Phi) is 6.41. The minimum Gasteiger partial charge on any atom is -0.463 e. The maximum atomic E-state index is 12.7. The molecular weight excluding hydrogens is 412 g/mol. The lowest BCUT2D eigenvalue weighted by Gasteiger charge is -2.26. The van der Waals surface area contributed by atoms with Crippen molar-refractivity contribution in [1.82, 2.24) is 20.4 Å². The topological polar surface area (TPSA) is 112 Å². The highest BCUT2D eigenvalue weighted by atomic mass is 35.5. The number of nitrogens with one attached hydrogen (secondary N) is 2. The zero-order valence-corrected chi connectivity index (χ0v) is 17.4. The molecule has 0 aliphatic carbocycles. The Labute approximate surface area is 178 Å². The first kappa shape index (κ1) is 21.4. The van der Waals surface area contributed by atoms with E-state index in [-0.39, 0.29) is 35.2 Å². The van der Waals surface area contributed by atoms with Gasteiger partial charge in [0.2, 0.25) is 0 Å². The molecule has 0 radical (unpaired) electrons. The summed E-state index contributed by atoms with van der Waals surface area (Å²) in [6.07, 6.45) is 0. The maximum Gasteiger partial charge on any atom is 0.343 e. The molecule has 9 nitrogen and oxygen atoms in total. The molecule has 0 unspecified atom stereocenters. The van der Waals surface area contributed by atoms with Crippen LogP contribution in [0.15, 0.2) is 41.6 Å². The summed E-state index contributed by atoms with van der Waals surface area (Å²) in [6.45, 7) is 4.78. The number of nitrogens with zero attached hydrogens (tertiary/aromatic N) is 2. The van der Waals surface area contributed by atoms with Crippen molar-refractivity contribution in [2.75, 3.05) is 13.2 Å². The summed E-state index contributed by atoms with van der Waals surface area (Å²) in [4.78, 5) is 36.8. The summed E-state index contributed by atoms with van der Waals surface area (Å²) in [5.74, 6) is -1.33. The van der Waals surface area contributed by atoms with E-state index < -0.39 is 24.0 Å². The van der Waals surface area contributed by atoms with E-state index in [9.17, 15) is 14.4 Å². The van der Waals surface area contributed by atoms with Gasteiger partial charge in [0.05, 0.1) is 35.3 Å². The second kappa shape index (κ2) is 9.00. The lowest BCUT2D eigenvalue weighted by atomic mass is 10.0. The first-order chi connectivity index (χ1) is 14.3. The van der Waals surface area contributed by atoms with E-state index in [0.29, 0.717) is 11.4 Å². The Balaban J connectivity index is 1.84. The van der Waals surface area contributed by atoms with Gasteiger partial charge in [0.1, 0.15) is 17.3 Å². The van der Waals surface area contributed by atoms with Crippen molar-refractivity contribution in [3.63, 3.8) is 0 Å². The van der Waals surface area contributed by atoms with Gasteiger partial charge in [-0.3, -0.25) is 0 Å². The van der Waals surface area contributed by atoms with Crippen molar-refractivity contribution >= 4 is 29.6 Å². The van der Waals surface area contributed by atoms with Crippen molar-refractivity contribution in [1.29, 1.82) is 0 Å². The van der Waals surface area contributed by atoms with Crippen LogP contribution in [0.3, 0.4) is 0 Å². The van der Waals surface area contributed by atoms with Gasteiger partial charge in [-0.15, -0.1) is 0 Å². The number of ether oxygens (including phenoxy) is 2. The highest BCUT2D eigenvalue weighted by Gasteiger charge is 2.31. The number of halogens is 1. The number of carbonyl (C=O) groups is 3. The third-order valence-corrected chi connectivity index (χ3v) is 4.77. The molecule has 1 aromatic heterocycles. The van der Waals surface area contributed by atoms with Crippen molar-refractivity contribution in [3.05, 3.63) is 58.0 Å². The lowest BCUT2D eigenvalue weighted by molar-refractivity contribution is -0.139. The van der Waals surface area contributed by atoms with Gasteiger partial charge >= 0.3 is 18.0 Å². The zero-order chi connectivity index (χ0) is 21.8. The van der Waals surface area contributed by atoms with E-state index in [1.807, 2.05) is 18.2 Å². The number of benzene rings is 1. The molecule has 1 aromatic carbocycles. The van der Waals surface area contributed by atoms with Crippen LogP contribution in [0.25, 0.3) is 5.69 Å². The Hall–Kier alpha value is -3.33. The van der Waals surface area contributed by atoms with Gasteiger partial charge in [-0.05, 0) is 32.9 Å². The molecule has 1 aliphatic heterocycles. The number of hydrogen-bond donors (Lipinski definition) is 2. The van der Waals surface area contributed by atoms with Crippen LogP contribution in [-0.2, 0) is 14.3 Å². The fourth-order valence-electron chi connectivity index (χ4n) is 3.07. The molecule has 0 saturated heterocycles. The van der Waals surface area contributed by atoms with Crippen LogP contribution >= 0.6 is 11.6 Å². The van der Waals surface area contributed by atoms with Crippen LogP contribution in [0.4, 0.5) is 4.79 Å². The van der Waals surface area contributed by atoms with Crippen molar-refractivity contribution < 1.29 is 23.9 Å². The third-order valence-electron chi connectivity index (χ3n) is 4.42. The van der Waals surface area contributed by atoms with E-state index >= 15 is 0 Å². The number of carbonyl (C=O) groups excluding carboxylic acids is 3. The van der Waals surface area contributed by atoms with E-state index in [4.69, 9.17) is 21.1 Å². The van der Waals surface area contributed by atoms with Crippen LogP contribution in [-0.4, -0.2) is 47.0 Å². The Morgan fingerprint density at radius 3 is 2.57 bits per heavy atom. The molecular formula is C20H21ClN4O5. The van der Waals surface area contributed by atoms with Crippen LogP contribution in [0.2, 0.25) is 5.15 Å². The number of rotatable bonds is 6. The number of amides is 2. The van der Waals surface area contributed by atoms with Gasteiger partial charge < -0.3 is 20.1 Å². The molecule has 0 fully saturated rings. The molecule has 2 N–H and O–H groups in total. The molecule has 3 rings (SSSR count). The van der Waals surface area contributed by atoms with E-state index in [1.54, 1.807) is 32.9 Å². The number of hydrogen-bond acceptors (Lipinski definition) is 6. The van der Waals surface area contributed by atoms with Gasteiger partial charge in [-0.25, -0.2) is 19.1 Å². The number of para-hydroxylation sites is 1. The van der Waals surface area contributed by atoms with Gasteiger partial charge in [-0.2, -0.15) is 5.10 Å². The summed E-state index contributed by atoms with van der Waals surface area (Å²) in [5.41, 5.74) is 1.52. The highest BCUT2D eigenvalue weighted by Crippen LogP contribution is 2.24. The molecule has 2 heterocycles. The Bertz CT molecular complexity index is 1020. The normalized spacial score (nSPS) is 16.0. The molecule has 2 aromatic rings. The molecule has 2 amide bonds. The van der Waals surface area contributed by atoms with Gasteiger partial charge in [-0.1, -0.05) is 29.8 Å². The van der Waals surface area contributed by atoms with Crippen molar-refractivity contribution in [3.8, 4) is 5.69 Å². The minimum atomic E-state index is -0.726. The second-order valence-electron chi connectivity index (χ2n) is 6.51. The first-order valence-corrected chi connectivity index (χ1v) is 9.66. The van der Waals surface area contributed by atoms with Gasteiger partial charge in [0.25, 0.3) is 0 Å². The van der Waals surface area contributed by atoms with Crippen LogP contribution in [0.1, 0.15) is 29.9 Å². The third kappa shape index (κ3) is 4.30. The summed E-state index contributed by atoms with van der Waals surface area (Å²) >= 11 is 6.38. The fraction of sp³-hybridized carbons (Fsp3) is 0.300.